The van der Waals surface area contributed by atoms with E-state index in [0.717, 1.165) is 24.7 Å². The molecule has 1 amide bonds. The van der Waals surface area contributed by atoms with Crippen molar-refractivity contribution in [3.05, 3.63) is 59.9 Å². The Morgan fingerprint density at radius 1 is 1.11 bits per heavy atom. The smallest absolute Gasteiger partial charge is 0.341 e. The van der Waals surface area contributed by atoms with Crippen LogP contribution in [0.15, 0.2) is 48.5 Å². The van der Waals surface area contributed by atoms with Gasteiger partial charge in [-0.3, -0.25) is 4.79 Å². The quantitative estimate of drug-likeness (QED) is 0.812. The molecule has 142 valence electrons. The standard InChI is InChI=1S/C21H23FN2O3/c1-15-10-12-24(13-11-15)17-8-6-16(7-9-17)23-20(25)14-27-21(26)18-4-2-3-5-19(18)22/h2-9,15H,10-14H2,1H3,(H,23,25). The highest BCUT2D eigenvalue weighted by molar-refractivity contribution is 5.95. The van der Waals surface area contributed by atoms with Crippen molar-refractivity contribution in [2.75, 3.05) is 29.9 Å². The molecule has 0 unspecified atom stereocenters. The zero-order valence-electron chi connectivity index (χ0n) is 15.3. The van der Waals surface area contributed by atoms with Gasteiger partial charge in [0.15, 0.2) is 6.61 Å². The number of carbonyl (C=O) groups excluding carboxylic acids is 2. The second kappa shape index (κ2) is 8.66. The second-order valence-electron chi connectivity index (χ2n) is 6.82. The van der Waals surface area contributed by atoms with Crippen LogP contribution in [-0.4, -0.2) is 31.6 Å². The van der Waals surface area contributed by atoms with Crippen molar-refractivity contribution < 1.29 is 18.7 Å². The Balaban J connectivity index is 1.49. The molecule has 0 saturated carbocycles. The Labute approximate surface area is 158 Å². The summed E-state index contributed by atoms with van der Waals surface area (Å²) in [5.41, 5.74) is 1.56. The number of anilines is 2. The fourth-order valence-corrected chi connectivity index (χ4v) is 3.06. The first kappa shape index (κ1) is 18.9. The van der Waals surface area contributed by atoms with Crippen LogP contribution in [0.3, 0.4) is 0 Å². The fraction of sp³-hybridized carbons (Fsp3) is 0.333. The van der Waals surface area contributed by atoms with E-state index in [1.807, 2.05) is 24.3 Å². The van der Waals surface area contributed by atoms with Crippen LogP contribution in [0.5, 0.6) is 0 Å². The van der Waals surface area contributed by atoms with Gasteiger partial charge in [0.05, 0.1) is 5.56 Å². The van der Waals surface area contributed by atoms with Gasteiger partial charge in [-0.05, 0) is 55.2 Å². The normalized spacial score (nSPS) is 14.7. The highest BCUT2D eigenvalue weighted by Crippen LogP contribution is 2.24. The SMILES string of the molecule is CC1CCN(c2ccc(NC(=O)COC(=O)c3ccccc3F)cc2)CC1. The Hall–Kier alpha value is -2.89. The number of esters is 1. The van der Waals surface area contributed by atoms with Crippen LogP contribution in [0.25, 0.3) is 0 Å². The summed E-state index contributed by atoms with van der Waals surface area (Å²) in [6.07, 6.45) is 2.37. The third-order valence-electron chi connectivity index (χ3n) is 4.73. The van der Waals surface area contributed by atoms with Crippen molar-refractivity contribution >= 4 is 23.3 Å². The van der Waals surface area contributed by atoms with Gasteiger partial charge in [-0.15, -0.1) is 0 Å². The summed E-state index contributed by atoms with van der Waals surface area (Å²) in [4.78, 5) is 26.1. The molecular formula is C21H23FN2O3. The maximum Gasteiger partial charge on any atom is 0.341 e. The second-order valence-corrected chi connectivity index (χ2v) is 6.82. The van der Waals surface area contributed by atoms with Crippen LogP contribution in [0.4, 0.5) is 15.8 Å². The van der Waals surface area contributed by atoms with E-state index in [9.17, 15) is 14.0 Å². The number of hydrogen-bond donors (Lipinski definition) is 1. The molecule has 2 aromatic carbocycles. The summed E-state index contributed by atoms with van der Waals surface area (Å²) in [5, 5.41) is 2.67. The Kier molecular flexibility index (Phi) is 6.06. The average molecular weight is 370 g/mol. The molecule has 5 nitrogen and oxygen atoms in total. The Morgan fingerprint density at radius 2 is 1.78 bits per heavy atom. The van der Waals surface area contributed by atoms with E-state index in [4.69, 9.17) is 4.74 Å². The average Bonchev–Trinajstić information content (AvgIpc) is 2.68. The molecule has 3 rings (SSSR count). The van der Waals surface area contributed by atoms with Gasteiger partial charge in [0.2, 0.25) is 0 Å². The predicted molar refractivity (Wildman–Crippen MR) is 102 cm³/mol. The number of benzene rings is 2. The number of hydrogen-bond acceptors (Lipinski definition) is 4. The van der Waals surface area contributed by atoms with E-state index < -0.39 is 24.3 Å². The number of nitrogens with one attached hydrogen (secondary N) is 1. The van der Waals surface area contributed by atoms with Crippen molar-refractivity contribution in [1.82, 2.24) is 0 Å². The van der Waals surface area contributed by atoms with Crippen LogP contribution in [-0.2, 0) is 9.53 Å². The molecule has 27 heavy (non-hydrogen) atoms. The third kappa shape index (κ3) is 5.06. The summed E-state index contributed by atoms with van der Waals surface area (Å²) >= 11 is 0. The van der Waals surface area contributed by atoms with Crippen molar-refractivity contribution in [3.8, 4) is 0 Å². The van der Waals surface area contributed by atoms with E-state index in [1.54, 1.807) is 0 Å². The zero-order valence-corrected chi connectivity index (χ0v) is 15.3. The topological polar surface area (TPSA) is 58.6 Å². The molecule has 1 fully saturated rings. The minimum absolute atomic E-state index is 0.189. The van der Waals surface area contributed by atoms with Gasteiger partial charge in [-0.1, -0.05) is 19.1 Å². The van der Waals surface area contributed by atoms with Crippen molar-refractivity contribution in [1.29, 1.82) is 0 Å². The number of rotatable bonds is 5. The number of ether oxygens (including phenoxy) is 1. The molecule has 0 spiro atoms. The first-order chi connectivity index (χ1) is 13.0. The summed E-state index contributed by atoms with van der Waals surface area (Å²) in [6.45, 7) is 3.88. The molecule has 1 aliphatic heterocycles. The molecule has 1 aliphatic rings. The summed E-state index contributed by atoms with van der Waals surface area (Å²) in [6, 6.07) is 13.1. The van der Waals surface area contributed by atoms with Gasteiger partial charge in [0, 0.05) is 24.5 Å². The van der Waals surface area contributed by atoms with Gasteiger partial charge in [0.1, 0.15) is 5.82 Å². The summed E-state index contributed by atoms with van der Waals surface area (Å²) in [7, 11) is 0. The molecule has 0 aliphatic carbocycles. The van der Waals surface area contributed by atoms with Crippen molar-refractivity contribution in [2.24, 2.45) is 5.92 Å². The fourth-order valence-electron chi connectivity index (χ4n) is 3.06. The predicted octanol–water partition coefficient (Wildman–Crippen LogP) is 3.86. The van der Waals surface area contributed by atoms with Gasteiger partial charge in [-0.2, -0.15) is 0 Å². The highest BCUT2D eigenvalue weighted by atomic mass is 19.1. The maximum absolute atomic E-state index is 13.5. The monoisotopic (exact) mass is 370 g/mol. The van der Waals surface area contributed by atoms with E-state index >= 15 is 0 Å². The first-order valence-electron chi connectivity index (χ1n) is 9.09. The largest absolute Gasteiger partial charge is 0.452 e. The van der Waals surface area contributed by atoms with E-state index in [1.165, 1.54) is 37.1 Å². The van der Waals surface area contributed by atoms with Gasteiger partial charge in [0.25, 0.3) is 5.91 Å². The van der Waals surface area contributed by atoms with Crippen LogP contribution >= 0.6 is 0 Å². The Bertz CT molecular complexity index is 799. The van der Waals surface area contributed by atoms with Crippen LogP contribution in [0.1, 0.15) is 30.1 Å². The molecule has 0 radical (unpaired) electrons. The van der Waals surface area contributed by atoms with Crippen LogP contribution < -0.4 is 10.2 Å². The van der Waals surface area contributed by atoms with E-state index in [2.05, 4.69) is 17.1 Å². The zero-order chi connectivity index (χ0) is 19.2. The molecular weight excluding hydrogens is 347 g/mol. The van der Waals surface area contributed by atoms with Gasteiger partial charge >= 0.3 is 5.97 Å². The lowest BCUT2D eigenvalue weighted by Crippen LogP contribution is -2.32. The molecule has 0 bridgehead atoms. The third-order valence-corrected chi connectivity index (χ3v) is 4.73. The minimum Gasteiger partial charge on any atom is -0.452 e. The van der Waals surface area contributed by atoms with Crippen LogP contribution in [0, 0.1) is 11.7 Å². The number of halogens is 1. The molecule has 2 aromatic rings. The first-order valence-corrected chi connectivity index (χ1v) is 9.09. The van der Waals surface area contributed by atoms with Crippen LogP contribution in [0.2, 0.25) is 0 Å². The lowest BCUT2D eigenvalue weighted by atomic mass is 9.99. The molecule has 1 saturated heterocycles. The van der Waals surface area contributed by atoms with Gasteiger partial charge in [-0.25, -0.2) is 9.18 Å². The highest BCUT2D eigenvalue weighted by Gasteiger charge is 2.16. The lowest BCUT2D eigenvalue weighted by Gasteiger charge is -2.32. The molecule has 0 atom stereocenters. The van der Waals surface area contributed by atoms with Crippen molar-refractivity contribution in [2.45, 2.75) is 19.8 Å². The van der Waals surface area contributed by atoms with Gasteiger partial charge < -0.3 is 15.0 Å². The van der Waals surface area contributed by atoms with Crippen molar-refractivity contribution in [3.63, 3.8) is 0 Å². The number of nitrogens with zero attached hydrogens (tertiary/aromatic N) is 1. The van der Waals surface area contributed by atoms with E-state index in [0.29, 0.717) is 5.69 Å². The maximum atomic E-state index is 13.5. The summed E-state index contributed by atoms with van der Waals surface area (Å²) in [5.74, 6) is -1.24. The number of piperidine rings is 1. The summed E-state index contributed by atoms with van der Waals surface area (Å²) < 4.78 is 18.4. The molecule has 6 heteroatoms. The Morgan fingerprint density at radius 3 is 2.44 bits per heavy atom. The lowest BCUT2D eigenvalue weighted by molar-refractivity contribution is -0.119. The van der Waals surface area contributed by atoms with E-state index in [-0.39, 0.29) is 5.56 Å². The number of carbonyl (C=O) groups is 2. The molecule has 1 N–H and O–H groups in total. The number of amides is 1. The molecule has 1 heterocycles. The molecule has 0 aromatic heterocycles. The minimum atomic E-state index is -0.863.